The van der Waals surface area contributed by atoms with E-state index >= 15 is 0 Å². The van der Waals surface area contributed by atoms with Gasteiger partial charge in [0.15, 0.2) is 0 Å². The number of nitrogens with one attached hydrogen (secondary N) is 2. The summed E-state index contributed by atoms with van der Waals surface area (Å²) < 4.78 is 0. The van der Waals surface area contributed by atoms with Gasteiger partial charge in [0.2, 0.25) is 5.91 Å². The topological polar surface area (TPSA) is 61.4 Å². The van der Waals surface area contributed by atoms with Crippen molar-refractivity contribution in [3.05, 3.63) is 24.3 Å². The molecule has 4 nitrogen and oxygen atoms in total. The molecule has 1 aromatic rings. The van der Waals surface area contributed by atoms with E-state index in [0.29, 0.717) is 12.5 Å². The van der Waals surface area contributed by atoms with Crippen LogP contribution in [0.2, 0.25) is 0 Å². The van der Waals surface area contributed by atoms with Gasteiger partial charge in [0.25, 0.3) is 0 Å². The average Bonchev–Trinajstić information content (AvgIpc) is 2.74. The summed E-state index contributed by atoms with van der Waals surface area (Å²) in [5, 5.41) is 15.2. The SMILES string of the molecule is Cl.O=C(CC1CCCN1)Nc1ccc(O)cc1. The Morgan fingerprint density at radius 2 is 2.12 bits per heavy atom. The summed E-state index contributed by atoms with van der Waals surface area (Å²) in [7, 11) is 0. The predicted octanol–water partition coefficient (Wildman–Crippen LogP) is 1.89. The lowest BCUT2D eigenvalue weighted by atomic mass is 10.1. The van der Waals surface area contributed by atoms with Crippen molar-refractivity contribution < 1.29 is 9.90 Å². The Balaban J connectivity index is 0.00000144. The second-order valence-corrected chi connectivity index (χ2v) is 4.09. The predicted molar refractivity (Wildman–Crippen MR) is 69.6 cm³/mol. The molecule has 1 atom stereocenters. The highest BCUT2D eigenvalue weighted by Crippen LogP contribution is 2.15. The largest absolute Gasteiger partial charge is 0.508 e. The Morgan fingerprint density at radius 3 is 2.71 bits per heavy atom. The number of aromatic hydroxyl groups is 1. The zero-order valence-electron chi connectivity index (χ0n) is 9.48. The number of benzene rings is 1. The molecular weight excluding hydrogens is 240 g/mol. The Labute approximate surface area is 107 Å². The number of anilines is 1. The number of carbonyl (C=O) groups is 1. The summed E-state index contributed by atoms with van der Waals surface area (Å²) in [4.78, 5) is 11.6. The molecule has 1 aliphatic heterocycles. The van der Waals surface area contributed by atoms with E-state index < -0.39 is 0 Å². The zero-order chi connectivity index (χ0) is 11.4. The number of phenols is 1. The molecule has 1 aromatic carbocycles. The number of hydrogen-bond acceptors (Lipinski definition) is 3. The summed E-state index contributed by atoms with van der Waals surface area (Å²) in [6.07, 6.45) is 2.74. The fourth-order valence-corrected chi connectivity index (χ4v) is 1.91. The molecule has 0 spiro atoms. The maximum absolute atomic E-state index is 11.6. The smallest absolute Gasteiger partial charge is 0.225 e. The van der Waals surface area contributed by atoms with Gasteiger partial charge in [0.1, 0.15) is 5.75 Å². The van der Waals surface area contributed by atoms with Gasteiger partial charge in [-0.05, 0) is 43.7 Å². The van der Waals surface area contributed by atoms with Crippen LogP contribution in [0.25, 0.3) is 0 Å². The van der Waals surface area contributed by atoms with E-state index in [1.54, 1.807) is 24.3 Å². The molecule has 1 aliphatic rings. The van der Waals surface area contributed by atoms with Crippen molar-refractivity contribution in [1.29, 1.82) is 0 Å². The fourth-order valence-electron chi connectivity index (χ4n) is 1.91. The highest BCUT2D eigenvalue weighted by molar-refractivity contribution is 5.91. The third kappa shape index (κ3) is 4.24. The van der Waals surface area contributed by atoms with Gasteiger partial charge in [-0.2, -0.15) is 0 Å². The number of halogens is 1. The molecule has 1 unspecified atom stereocenters. The average molecular weight is 257 g/mol. The molecule has 94 valence electrons. The van der Waals surface area contributed by atoms with Gasteiger partial charge < -0.3 is 15.7 Å². The summed E-state index contributed by atoms with van der Waals surface area (Å²) in [6.45, 7) is 1.01. The van der Waals surface area contributed by atoms with E-state index in [1.807, 2.05) is 0 Å². The zero-order valence-corrected chi connectivity index (χ0v) is 10.3. The molecule has 1 fully saturated rings. The standard InChI is InChI=1S/C12H16N2O2.ClH/c15-11-5-3-9(4-6-11)14-12(16)8-10-2-1-7-13-10;/h3-6,10,13,15H,1-2,7-8H2,(H,14,16);1H. The highest BCUT2D eigenvalue weighted by atomic mass is 35.5. The lowest BCUT2D eigenvalue weighted by molar-refractivity contribution is -0.116. The van der Waals surface area contributed by atoms with E-state index in [0.717, 1.165) is 25.1 Å². The molecule has 0 saturated carbocycles. The summed E-state index contributed by atoms with van der Waals surface area (Å²) in [5.74, 6) is 0.223. The monoisotopic (exact) mass is 256 g/mol. The summed E-state index contributed by atoms with van der Waals surface area (Å²) >= 11 is 0. The van der Waals surface area contributed by atoms with Gasteiger partial charge in [-0.3, -0.25) is 4.79 Å². The molecule has 0 aromatic heterocycles. The number of carbonyl (C=O) groups excluding carboxylic acids is 1. The van der Waals surface area contributed by atoms with Gasteiger partial charge in [0, 0.05) is 18.2 Å². The molecule has 17 heavy (non-hydrogen) atoms. The normalized spacial score (nSPS) is 18.5. The van der Waals surface area contributed by atoms with Crippen molar-refractivity contribution in [2.45, 2.75) is 25.3 Å². The van der Waals surface area contributed by atoms with E-state index in [-0.39, 0.29) is 24.1 Å². The van der Waals surface area contributed by atoms with Gasteiger partial charge in [-0.1, -0.05) is 0 Å². The lowest BCUT2D eigenvalue weighted by Gasteiger charge is -2.10. The van der Waals surface area contributed by atoms with E-state index in [2.05, 4.69) is 10.6 Å². The molecule has 1 saturated heterocycles. The Hall–Kier alpha value is -1.26. The molecule has 0 radical (unpaired) electrons. The van der Waals surface area contributed by atoms with Crippen LogP contribution in [0.1, 0.15) is 19.3 Å². The Bertz CT molecular complexity index is 361. The Kier molecular flexibility index (Phi) is 5.25. The molecular formula is C12H17ClN2O2. The van der Waals surface area contributed by atoms with Crippen LogP contribution >= 0.6 is 12.4 Å². The van der Waals surface area contributed by atoms with Crippen molar-refractivity contribution in [3.63, 3.8) is 0 Å². The first-order valence-corrected chi connectivity index (χ1v) is 5.56. The van der Waals surface area contributed by atoms with Crippen LogP contribution in [0.4, 0.5) is 5.69 Å². The molecule has 1 amide bonds. The molecule has 1 heterocycles. The van der Waals surface area contributed by atoms with E-state index in [4.69, 9.17) is 5.11 Å². The number of phenolic OH excluding ortho intramolecular Hbond substituents is 1. The van der Waals surface area contributed by atoms with Crippen LogP contribution in [0, 0.1) is 0 Å². The van der Waals surface area contributed by atoms with Crippen molar-refractivity contribution in [3.8, 4) is 5.75 Å². The van der Waals surface area contributed by atoms with Gasteiger partial charge in [-0.25, -0.2) is 0 Å². The number of hydrogen-bond donors (Lipinski definition) is 3. The first kappa shape index (κ1) is 13.8. The van der Waals surface area contributed by atoms with Crippen LogP contribution < -0.4 is 10.6 Å². The van der Waals surface area contributed by atoms with E-state index in [1.165, 1.54) is 0 Å². The third-order valence-corrected chi connectivity index (χ3v) is 2.75. The quantitative estimate of drug-likeness (QED) is 0.724. The van der Waals surface area contributed by atoms with Crippen LogP contribution in [0.5, 0.6) is 5.75 Å². The highest BCUT2D eigenvalue weighted by Gasteiger charge is 2.17. The second-order valence-electron chi connectivity index (χ2n) is 4.09. The van der Waals surface area contributed by atoms with Gasteiger partial charge in [0.05, 0.1) is 0 Å². The van der Waals surface area contributed by atoms with Crippen LogP contribution in [-0.2, 0) is 4.79 Å². The Morgan fingerprint density at radius 1 is 1.41 bits per heavy atom. The number of rotatable bonds is 3. The van der Waals surface area contributed by atoms with Crippen LogP contribution in [0.3, 0.4) is 0 Å². The van der Waals surface area contributed by atoms with Gasteiger partial charge >= 0.3 is 0 Å². The summed E-state index contributed by atoms with van der Waals surface area (Å²) in [6, 6.07) is 6.81. The first-order valence-electron chi connectivity index (χ1n) is 5.56. The fraction of sp³-hybridized carbons (Fsp3) is 0.417. The van der Waals surface area contributed by atoms with E-state index in [9.17, 15) is 4.79 Å². The van der Waals surface area contributed by atoms with Crippen molar-refractivity contribution >= 4 is 24.0 Å². The van der Waals surface area contributed by atoms with Gasteiger partial charge in [-0.15, -0.1) is 12.4 Å². The third-order valence-electron chi connectivity index (χ3n) is 2.75. The number of amides is 1. The molecule has 0 bridgehead atoms. The molecule has 0 aliphatic carbocycles. The van der Waals surface area contributed by atoms with Crippen molar-refractivity contribution in [2.24, 2.45) is 0 Å². The molecule has 2 rings (SSSR count). The molecule has 5 heteroatoms. The summed E-state index contributed by atoms with van der Waals surface area (Å²) in [5.41, 5.74) is 0.723. The molecule has 3 N–H and O–H groups in total. The minimum Gasteiger partial charge on any atom is -0.508 e. The lowest BCUT2D eigenvalue weighted by Crippen LogP contribution is -2.27. The minimum atomic E-state index is 0. The van der Waals surface area contributed by atoms with Crippen molar-refractivity contribution in [1.82, 2.24) is 5.32 Å². The van der Waals surface area contributed by atoms with Crippen LogP contribution in [0.15, 0.2) is 24.3 Å². The van der Waals surface area contributed by atoms with Crippen molar-refractivity contribution in [2.75, 3.05) is 11.9 Å². The van der Waals surface area contributed by atoms with Crippen LogP contribution in [-0.4, -0.2) is 23.6 Å². The maximum atomic E-state index is 11.6. The first-order chi connectivity index (χ1) is 7.74. The minimum absolute atomic E-state index is 0. The second kappa shape index (κ2) is 6.47. The maximum Gasteiger partial charge on any atom is 0.225 e.